The molecule has 0 radical (unpaired) electrons. The summed E-state index contributed by atoms with van der Waals surface area (Å²) < 4.78 is 19.5. The monoisotopic (exact) mass is 242 g/mol. The summed E-state index contributed by atoms with van der Waals surface area (Å²) in [4.78, 5) is 0. The maximum absolute atomic E-state index is 13.7. The molecule has 1 aliphatic rings. The smallest absolute Gasteiger partial charge is 0.131 e. The van der Waals surface area contributed by atoms with E-state index in [-0.39, 0.29) is 11.9 Å². The lowest BCUT2D eigenvalue weighted by Gasteiger charge is -2.10. The zero-order valence-electron chi connectivity index (χ0n) is 10.5. The number of fused-ring (bicyclic) bond motifs is 1. The van der Waals surface area contributed by atoms with Crippen molar-refractivity contribution >= 4 is 0 Å². The van der Waals surface area contributed by atoms with Gasteiger partial charge in [0.2, 0.25) is 0 Å². The molecule has 1 aliphatic heterocycles. The van der Waals surface area contributed by atoms with E-state index in [1.807, 2.05) is 38.1 Å². The predicted molar refractivity (Wildman–Crippen MR) is 70.4 cm³/mol. The standard InChI is InChI=1S/C16H15FO/c1-10-3-5-12(6-4-10)15-9-14(17)8-13-7-11(2)18-16(13)15/h3-6,8-9,11H,7H2,1-2H3. The molecule has 0 aromatic heterocycles. The molecule has 1 heterocycles. The number of ether oxygens (including phenoxy) is 1. The van der Waals surface area contributed by atoms with Crippen LogP contribution in [0.1, 0.15) is 18.1 Å². The molecule has 0 amide bonds. The van der Waals surface area contributed by atoms with Gasteiger partial charge in [0, 0.05) is 17.5 Å². The van der Waals surface area contributed by atoms with Crippen LogP contribution >= 0.6 is 0 Å². The quantitative estimate of drug-likeness (QED) is 0.730. The molecule has 1 atom stereocenters. The highest BCUT2D eigenvalue weighted by Gasteiger charge is 2.23. The maximum Gasteiger partial charge on any atom is 0.131 e. The Morgan fingerprint density at radius 2 is 1.89 bits per heavy atom. The molecule has 0 saturated heterocycles. The van der Waals surface area contributed by atoms with E-state index in [1.54, 1.807) is 12.1 Å². The Hall–Kier alpha value is -1.83. The van der Waals surface area contributed by atoms with Crippen LogP contribution in [0.5, 0.6) is 5.75 Å². The van der Waals surface area contributed by atoms with Crippen LogP contribution in [0.2, 0.25) is 0 Å². The molecular formula is C16H15FO. The third-order valence-electron chi connectivity index (χ3n) is 3.32. The van der Waals surface area contributed by atoms with Gasteiger partial charge in [0.05, 0.1) is 0 Å². The minimum atomic E-state index is -0.193. The van der Waals surface area contributed by atoms with Gasteiger partial charge in [0.15, 0.2) is 0 Å². The van der Waals surface area contributed by atoms with Crippen molar-refractivity contribution in [3.05, 3.63) is 53.3 Å². The van der Waals surface area contributed by atoms with Gasteiger partial charge in [-0.15, -0.1) is 0 Å². The van der Waals surface area contributed by atoms with Crippen molar-refractivity contribution in [1.82, 2.24) is 0 Å². The summed E-state index contributed by atoms with van der Waals surface area (Å²) in [6.07, 6.45) is 0.914. The summed E-state index contributed by atoms with van der Waals surface area (Å²) in [6.45, 7) is 4.05. The van der Waals surface area contributed by atoms with Crippen molar-refractivity contribution < 1.29 is 9.13 Å². The van der Waals surface area contributed by atoms with Gasteiger partial charge in [-0.1, -0.05) is 29.8 Å². The summed E-state index contributed by atoms with van der Waals surface area (Å²) in [5.41, 5.74) is 4.03. The molecule has 0 N–H and O–H groups in total. The molecule has 92 valence electrons. The molecule has 1 nitrogen and oxygen atoms in total. The van der Waals surface area contributed by atoms with Crippen LogP contribution in [0.25, 0.3) is 11.1 Å². The highest BCUT2D eigenvalue weighted by atomic mass is 19.1. The normalized spacial score (nSPS) is 17.4. The molecule has 2 aromatic carbocycles. The topological polar surface area (TPSA) is 9.23 Å². The Bertz CT molecular complexity index is 587. The van der Waals surface area contributed by atoms with Gasteiger partial charge in [-0.05, 0) is 31.5 Å². The number of benzene rings is 2. The molecular weight excluding hydrogens is 227 g/mol. The van der Waals surface area contributed by atoms with E-state index >= 15 is 0 Å². The van der Waals surface area contributed by atoms with Crippen molar-refractivity contribution in [3.63, 3.8) is 0 Å². The average Bonchev–Trinajstić information content (AvgIpc) is 2.69. The van der Waals surface area contributed by atoms with E-state index < -0.39 is 0 Å². The highest BCUT2D eigenvalue weighted by molar-refractivity contribution is 5.73. The average molecular weight is 242 g/mol. The zero-order valence-corrected chi connectivity index (χ0v) is 10.5. The SMILES string of the molecule is Cc1ccc(-c2cc(F)cc3c2OC(C)C3)cc1. The summed E-state index contributed by atoms with van der Waals surface area (Å²) >= 11 is 0. The number of hydrogen-bond acceptors (Lipinski definition) is 1. The Morgan fingerprint density at radius 3 is 2.61 bits per heavy atom. The summed E-state index contributed by atoms with van der Waals surface area (Å²) in [5, 5.41) is 0. The summed E-state index contributed by atoms with van der Waals surface area (Å²) in [6, 6.07) is 11.2. The second kappa shape index (κ2) is 4.13. The fourth-order valence-electron chi connectivity index (χ4n) is 2.44. The van der Waals surface area contributed by atoms with Crippen LogP contribution in [0.4, 0.5) is 4.39 Å². The molecule has 2 aromatic rings. The van der Waals surface area contributed by atoms with Crippen LogP contribution in [0.15, 0.2) is 36.4 Å². The largest absolute Gasteiger partial charge is 0.489 e. The van der Waals surface area contributed by atoms with Crippen LogP contribution < -0.4 is 4.74 Å². The van der Waals surface area contributed by atoms with E-state index in [0.717, 1.165) is 28.9 Å². The molecule has 18 heavy (non-hydrogen) atoms. The Labute approximate surface area is 106 Å². The van der Waals surface area contributed by atoms with Crippen molar-refractivity contribution in [3.8, 4) is 16.9 Å². The van der Waals surface area contributed by atoms with E-state index in [0.29, 0.717) is 0 Å². The molecule has 0 bridgehead atoms. The van der Waals surface area contributed by atoms with Gasteiger partial charge in [-0.3, -0.25) is 0 Å². The van der Waals surface area contributed by atoms with E-state index in [2.05, 4.69) is 0 Å². The number of hydrogen-bond donors (Lipinski definition) is 0. The Morgan fingerprint density at radius 1 is 1.17 bits per heavy atom. The summed E-state index contributed by atoms with van der Waals surface area (Å²) in [7, 11) is 0. The van der Waals surface area contributed by atoms with Gasteiger partial charge in [0.25, 0.3) is 0 Å². The third kappa shape index (κ3) is 1.88. The molecule has 3 rings (SSSR count). The second-order valence-corrected chi connectivity index (χ2v) is 4.94. The van der Waals surface area contributed by atoms with Gasteiger partial charge < -0.3 is 4.74 Å². The number of rotatable bonds is 1. The first kappa shape index (κ1) is 11.3. The van der Waals surface area contributed by atoms with Gasteiger partial charge >= 0.3 is 0 Å². The molecule has 0 spiro atoms. The van der Waals surface area contributed by atoms with Crippen LogP contribution in [-0.4, -0.2) is 6.10 Å². The number of aryl methyl sites for hydroxylation is 1. The van der Waals surface area contributed by atoms with Crippen molar-refractivity contribution in [2.45, 2.75) is 26.4 Å². The highest BCUT2D eigenvalue weighted by Crippen LogP contribution is 2.39. The molecule has 2 heteroatoms. The first-order valence-electron chi connectivity index (χ1n) is 6.19. The summed E-state index contributed by atoms with van der Waals surface area (Å²) in [5.74, 6) is 0.648. The predicted octanol–water partition coefficient (Wildman–Crippen LogP) is 4.12. The fraction of sp³-hybridized carbons (Fsp3) is 0.250. The third-order valence-corrected chi connectivity index (χ3v) is 3.32. The van der Waals surface area contributed by atoms with Gasteiger partial charge in [0.1, 0.15) is 17.7 Å². The zero-order chi connectivity index (χ0) is 12.7. The van der Waals surface area contributed by atoms with Crippen LogP contribution in [0.3, 0.4) is 0 Å². The lowest BCUT2D eigenvalue weighted by Crippen LogP contribution is -2.05. The van der Waals surface area contributed by atoms with Crippen molar-refractivity contribution in [1.29, 1.82) is 0 Å². The van der Waals surface area contributed by atoms with Crippen molar-refractivity contribution in [2.75, 3.05) is 0 Å². The molecule has 0 fully saturated rings. The Balaban J connectivity index is 2.15. The van der Waals surface area contributed by atoms with Crippen molar-refractivity contribution in [2.24, 2.45) is 0 Å². The molecule has 0 saturated carbocycles. The van der Waals surface area contributed by atoms with Crippen LogP contribution in [0, 0.1) is 12.7 Å². The molecule has 1 unspecified atom stereocenters. The first-order chi connectivity index (χ1) is 8.63. The number of halogens is 1. The Kier molecular flexibility index (Phi) is 2.58. The van der Waals surface area contributed by atoms with Crippen LogP contribution in [-0.2, 0) is 6.42 Å². The van der Waals surface area contributed by atoms with E-state index in [1.165, 1.54) is 5.56 Å². The van der Waals surface area contributed by atoms with E-state index in [4.69, 9.17) is 4.74 Å². The molecule has 0 aliphatic carbocycles. The lowest BCUT2D eigenvalue weighted by atomic mass is 9.99. The minimum absolute atomic E-state index is 0.131. The fourth-order valence-corrected chi connectivity index (χ4v) is 2.44. The van der Waals surface area contributed by atoms with Gasteiger partial charge in [-0.25, -0.2) is 4.39 Å². The minimum Gasteiger partial charge on any atom is -0.489 e. The lowest BCUT2D eigenvalue weighted by molar-refractivity contribution is 0.255. The van der Waals surface area contributed by atoms with E-state index in [9.17, 15) is 4.39 Å². The first-order valence-corrected chi connectivity index (χ1v) is 6.19. The van der Waals surface area contributed by atoms with Gasteiger partial charge in [-0.2, -0.15) is 0 Å². The second-order valence-electron chi connectivity index (χ2n) is 4.94. The maximum atomic E-state index is 13.7.